The van der Waals surface area contributed by atoms with Crippen LogP contribution in [-0.2, 0) is 4.79 Å². The molecule has 5 heteroatoms. The minimum absolute atomic E-state index is 0.382. The Balaban J connectivity index is 2.31. The van der Waals surface area contributed by atoms with Gasteiger partial charge in [-0.2, -0.15) is 0 Å². The van der Waals surface area contributed by atoms with Crippen LogP contribution in [0, 0.1) is 6.92 Å². The minimum Gasteiger partial charge on any atom is -0.495 e. The topological polar surface area (TPSA) is 58.6 Å². The van der Waals surface area contributed by atoms with Gasteiger partial charge in [0.25, 0.3) is 0 Å². The second kappa shape index (κ2) is 6.50. The average molecular weight is 306 g/mol. The van der Waals surface area contributed by atoms with Gasteiger partial charge in [0.05, 0.1) is 12.1 Å². The van der Waals surface area contributed by atoms with Gasteiger partial charge in [0, 0.05) is 5.69 Å². The SMILES string of the molecule is COc1ccc(C(Nc2cccc(C)c2)C(=O)O)cc1Cl. The summed E-state index contributed by atoms with van der Waals surface area (Å²) in [5, 5.41) is 12.8. The van der Waals surface area contributed by atoms with E-state index in [9.17, 15) is 9.90 Å². The van der Waals surface area contributed by atoms with Crippen molar-refractivity contribution < 1.29 is 14.6 Å². The number of halogens is 1. The highest BCUT2D eigenvalue weighted by Gasteiger charge is 2.20. The zero-order valence-electron chi connectivity index (χ0n) is 11.8. The van der Waals surface area contributed by atoms with Crippen LogP contribution in [0.2, 0.25) is 5.02 Å². The Morgan fingerprint density at radius 1 is 1.29 bits per heavy atom. The number of hydrogen-bond acceptors (Lipinski definition) is 3. The maximum Gasteiger partial charge on any atom is 0.330 e. The largest absolute Gasteiger partial charge is 0.495 e. The molecule has 21 heavy (non-hydrogen) atoms. The van der Waals surface area contributed by atoms with Gasteiger partial charge in [-0.1, -0.05) is 29.8 Å². The van der Waals surface area contributed by atoms with Crippen molar-refractivity contribution in [3.63, 3.8) is 0 Å². The first-order valence-corrected chi connectivity index (χ1v) is 6.78. The van der Waals surface area contributed by atoms with Crippen molar-refractivity contribution in [2.45, 2.75) is 13.0 Å². The second-order valence-electron chi connectivity index (χ2n) is 4.68. The van der Waals surface area contributed by atoms with E-state index < -0.39 is 12.0 Å². The molecule has 2 aromatic carbocycles. The molecule has 0 heterocycles. The molecule has 0 aromatic heterocycles. The Kier molecular flexibility index (Phi) is 4.70. The van der Waals surface area contributed by atoms with E-state index in [-0.39, 0.29) is 0 Å². The highest BCUT2D eigenvalue weighted by molar-refractivity contribution is 6.32. The molecule has 2 rings (SSSR count). The summed E-state index contributed by atoms with van der Waals surface area (Å²) in [4.78, 5) is 11.5. The summed E-state index contributed by atoms with van der Waals surface area (Å²) in [5.74, 6) is -0.460. The Morgan fingerprint density at radius 3 is 2.62 bits per heavy atom. The molecule has 110 valence electrons. The normalized spacial score (nSPS) is 11.8. The molecule has 0 amide bonds. The number of ether oxygens (including phenoxy) is 1. The van der Waals surface area contributed by atoms with E-state index in [1.54, 1.807) is 18.2 Å². The fourth-order valence-electron chi connectivity index (χ4n) is 2.05. The second-order valence-corrected chi connectivity index (χ2v) is 5.09. The summed E-state index contributed by atoms with van der Waals surface area (Å²) in [6, 6.07) is 11.6. The maximum absolute atomic E-state index is 11.5. The predicted molar refractivity (Wildman–Crippen MR) is 83.2 cm³/mol. The third-order valence-corrected chi connectivity index (χ3v) is 3.38. The fraction of sp³-hybridized carbons (Fsp3) is 0.188. The molecular weight excluding hydrogens is 290 g/mol. The number of benzene rings is 2. The molecule has 2 aromatic rings. The van der Waals surface area contributed by atoms with E-state index in [2.05, 4.69) is 5.32 Å². The molecule has 0 aliphatic carbocycles. The monoisotopic (exact) mass is 305 g/mol. The van der Waals surface area contributed by atoms with Gasteiger partial charge in [0.2, 0.25) is 0 Å². The van der Waals surface area contributed by atoms with Crippen LogP contribution in [0.5, 0.6) is 5.75 Å². The molecule has 0 aliphatic heterocycles. The van der Waals surface area contributed by atoms with Crippen molar-refractivity contribution in [2.24, 2.45) is 0 Å². The van der Waals surface area contributed by atoms with Crippen molar-refractivity contribution in [1.29, 1.82) is 0 Å². The molecule has 0 saturated carbocycles. The Labute approximate surface area is 128 Å². The first kappa shape index (κ1) is 15.2. The number of carboxylic acid groups (broad SMARTS) is 1. The smallest absolute Gasteiger partial charge is 0.330 e. The third-order valence-electron chi connectivity index (χ3n) is 3.09. The standard InChI is InChI=1S/C16H16ClNO3/c1-10-4-3-5-12(8-10)18-15(16(19)20)11-6-7-14(21-2)13(17)9-11/h3-9,15,18H,1-2H3,(H,19,20). The highest BCUT2D eigenvalue weighted by Crippen LogP contribution is 2.29. The molecule has 0 saturated heterocycles. The van der Waals surface area contributed by atoms with E-state index in [0.717, 1.165) is 11.3 Å². The number of carboxylic acids is 1. The van der Waals surface area contributed by atoms with Crippen LogP contribution in [0.25, 0.3) is 0 Å². The number of methoxy groups -OCH3 is 1. The zero-order chi connectivity index (χ0) is 15.4. The van der Waals surface area contributed by atoms with E-state index in [0.29, 0.717) is 16.3 Å². The lowest BCUT2D eigenvalue weighted by molar-refractivity contribution is -0.138. The number of aliphatic carboxylic acids is 1. The van der Waals surface area contributed by atoms with E-state index in [1.165, 1.54) is 7.11 Å². The Hall–Kier alpha value is -2.20. The van der Waals surface area contributed by atoms with Crippen LogP contribution in [0.4, 0.5) is 5.69 Å². The molecule has 0 aliphatic rings. The van der Waals surface area contributed by atoms with Crippen LogP contribution in [0.3, 0.4) is 0 Å². The summed E-state index contributed by atoms with van der Waals surface area (Å²) in [5.41, 5.74) is 2.36. The van der Waals surface area contributed by atoms with Gasteiger partial charge < -0.3 is 15.2 Å². The van der Waals surface area contributed by atoms with Crippen molar-refractivity contribution in [3.8, 4) is 5.75 Å². The fourth-order valence-corrected chi connectivity index (χ4v) is 2.32. The zero-order valence-corrected chi connectivity index (χ0v) is 12.5. The van der Waals surface area contributed by atoms with E-state index >= 15 is 0 Å². The minimum atomic E-state index is -0.974. The summed E-state index contributed by atoms with van der Waals surface area (Å²) < 4.78 is 5.07. The number of nitrogens with one attached hydrogen (secondary N) is 1. The van der Waals surface area contributed by atoms with Crippen LogP contribution in [0.1, 0.15) is 17.2 Å². The lowest BCUT2D eigenvalue weighted by Crippen LogP contribution is -2.20. The number of hydrogen-bond donors (Lipinski definition) is 2. The van der Waals surface area contributed by atoms with Crippen molar-refractivity contribution in [2.75, 3.05) is 12.4 Å². The molecule has 1 atom stereocenters. The molecular formula is C16H16ClNO3. The van der Waals surface area contributed by atoms with Crippen LogP contribution in [0.15, 0.2) is 42.5 Å². The molecule has 2 N–H and O–H groups in total. The van der Waals surface area contributed by atoms with E-state index in [1.807, 2.05) is 31.2 Å². The molecule has 0 spiro atoms. The number of rotatable bonds is 5. The summed E-state index contributed by atoms with van der Waals surface area (Å²) in [7, 11) is 1.51. The summed E-state index contributed by atoms with van der Waals surface area (Å²) in [6.45, 7) is 1.95. The third kappa shape index (κ3) is 3.67. The number of anilines is 1. The first-order valence-electron chi connectivity index (χ1n) is 6.40. The van der Waals surface area contributed by atoms with E-state index in [4.69, 9.17) is 16.3 Å². The van der Waals surface area contributed by atoms with Gasteiger partial charge in [-0.3, -0.25) is 0 Å². The molecule has 0 fully saturated rings. The Morgan fingerprint density at radius 2 is 2.05 bits per heavy atom. The highest BCUT2D eigenvalue weighted by atomic mass is 35.5. The molecule has 0 radical (unpaired) electrons. The number of aryl methyl sites for hydroxylation is 1. The van der Waals surface area contributed by atoms with Gasteiger partial charge in [-0.15, -0.1) is 0 Å². The average Bonchev–Trinajstić information content (AvgIpc) is 2.44. The van der Waals surface area contributed by atoms with Crippen molar-refractivity contribution in [1.82, 2.24) is 0 Å². The van der Waals surface area contributed by atoms with Gasteiger partial charge in [0.15, 0.2) is 6.04 Å². The lowest BCUT2D eigenvalue weighted by atomic mass is 10.1. The van der Waals surface area contributed by atoms with Crippen molar-refractivity contribution in [3.05, 3.63) is 58.6 Å². The number of carbonyl (C=O) groups is 1. The lowest BCUT2D eigenvalue weighted by Gasteiger charge is -2.17. The van der Waals surface area contributed by atoms with Crippen LogP contribution >= 0.6 is 11.6 Å². The van der Waals surface area contributed by atoms with Crippen LogP contribution in [-0.4, -0.2) is 18.2 Å². The first-order chi connectivity index (χ1) is 10.0. The van der Waals surface area contributed by atoms with Crippen molar-refractivity contribution >= 4 is 23.3 Å². The van der Waals surface area contributed by atoms with Gasteiger partial charge in [-0.25, -0.2) is 4.79 Å². The summed E-state index contributed by atoms with van der Waals surface area (Å²) >= 11 is 6.06. The van der Waals surface area contributed by atoms with Gasteiger partial charge >= 0.3 is 5.97 Å². The molecule has 0 bridgehead atoms. The van der Waals surface area contributed by atoms with Gasteiger partial charge in [-0.05, 0) is 42.3 Å². The molecule has 1 unspecified atom stereocenters. The Bertz CT molecular complexity index is 658. The van der Waals surface area contributed by atoms with Gasteiger partial charge in [0.1, 0.15) is 5.75 Å². The molecule has 4 nitrogen and oxygen atoms in total. The predicted octanol–water partition coefficient (Wildman–Crippen LogP) is 3.89. The van der Waals surface area contributed by atoms with Crippen LogP contribution < -0.4 is 10.1 Å². The maximum atomic E-state index is 11.5. The quantitative estimate of drug-likeness (QED) is 0.879. The summed E-state index contributed by atoms with van der Waals surface area (Å²) in [6.07, 6.45) is 0.